The Kier molecular flexibility index (Phi) is 4.69. The summed E-state index contributed by atoms with van der Waals surface area (Å²) in [5.74, 6) is 0.596. The lowest BCUT2D eigenvalue weighted by Crippen LogP contribution is -2.37. The summed E-state index contributed by atoms with van der Waals surface area (Å²) in [4.78, 5) is 0. The summed E-state index contributed by atoms with van der Waals surface area (Å²) in [6.07, 6.45) is 1.40. The van der Waals surface area contributed by atoms with Crippen molar-refractivity contribution in [1.82, 2.24) is 5.32 Å². The number of rotatable bonds is 3. The first-order chi connectivity index (χ1) is 8.46. The average molecular weight is 353 g/mol. The molecule has 1 N–H and O–H groups in total. The minimum atomic E-state index is -2.78. The molecule has 6 heteroatoms. The Hall–Kier alpha value is -0.100. The van der Waals surface area contributed by atoms with E-state index in [1.165, 1.54) is 0 Å². The first kappa shape index (κ1) is 14.3. The highest BCUT2D eigenvalue weighted by molar-refractivity contribution is 9.10. The first-order valence-electron chi connectivity index (χ1n) is 5.84. The summed E-state index contributed by atoms with van der Waals surface area (Å²) in [7, 11) is -2.78. The van der Waals surface area contributed by atoms with E-state index in [4.69, 9.17) is 11.6 Å². The third kappa shape index (κ3) is 3.95. The highest BCUT2D eigenvalue weighted by Gasteiger charge is 2.23. The average Bonchev–Trinajstić information content (AvgIpc) is 2.29. The molecule has 1 saturated heterocycles. The van der Waals surface area contributed by atoms with Gasteiger partial charge in [0.1, 0.15) is 9.84 Å². The third-order valence-electron chi connectivity index (χ3n) is 3.15. The molecule has 0 spiro atoms. The van der Waals surface area contributed by atoms with Crippen molar-refractivity contribution < 1.29 is 8.42 Å². The fourth-order valence-corrected chi connectivity index (χ4v) is 4.33. The second kappa shape index (κ2) is 5.90. The van der Waals surface area contributed by atoms with Gasteiger partial charge >= 0.3 is 0 Å². The molecule has 1 aliphatic heterocycles. The van der Waals surface area contributed by atoms with Gasteiger partial charge < -0.3 is 5.32 Å². The van der Waals surface area contributed by atoms with Crippen molar-refractivity contribution >= 4 is 37.4 Å². The Morgan fingerprint density at radius 1 is 1.33 bits per heavy atom. The SMILES string of the molecule is O=S1(=O)CCC(NCc2ccc(Cl)cc2Br)CC1. The summed E-state index contributed by atoms with van der Waals surface area (Å²) >= 11 is 9.35. The predicted octanol–water partition coefficient (Wildman–Crippen LogP) is 2.77. The number of sulfone groups is 1. The van der Waals surface area contributed by atoms with E-state index in [9.17, 15) is 8.42 Å². The number of halogens is 2. The lowest BCUT2D eigenvalue weighted by atomic mass is 10.1. The van der Waals surface area contributed by atoms with Crippen LogP contribution in [-0.2, 0) is 16.4 Å². The van der Waals surface area contributed by atoms with Gasteiger partial charge in [0.05, 0.1) is 11.5 Å². The molecule has 0 amide bonds. The van der Waals surface area contributed by atoms with E-state index in [-0.39, 0.29) is 6.04 Å². The van der Waals surface area contributed by atoms with Crippen LogP contribution in [0.25, 0.3) is 0 Å². The molecule has 0 atom stereocenters. The third-order valence-corrected chi connectivity index (χ3v) is 5.84. The molecule has 18 heavy (non-hydrogen) atoms. The minimum Gasteiger partial charge on any atom is -0.310 e. The number of hydrogen-bond donors (Lipinski definition) is 1. The molecule has 1 aromatic rings. The van der Waals surface area contributed by atoms with E-state index in [1.54, 1.807) is 0 Å². The molecule has 2 rings (SSSR count). The Balaban J connectivity index is 1.89. The van der Waals surface area contributed by atoms with E-state index < -0.39 is 9.84 Å². The standard InChI is InChI=1S/C12H15BrClNO2S/c13-12-7-10(14)2-1-9(12)8-15-11-3-5-18(16,17)6-4-11/h1-2,7,11,15H,3-6,8H2. The van der Waals surface area contributed by atoms with Crippen LogP contribution in [0.2, 0.25) is 5.02 Å². The summed E-state index contributed by atoms with van der Waals surface area (Å²) in [5, 5.41) is 4.10. The van der Waals surface area contributed by atoms with Gasteiger partial charge in [-0.05, 0) is 30.5 Å². The molecule has 0 unspecified atom stereocenters. The molecule has 0 aromatic heterocycles. The highest BCUT2D eigenvalue weighted by Crippen LogP contribution is 2.22. The molecular formula is C12H15BrClNO2S. The minimum absolute atomic E-state index is 0.288. The van der Waals surface area contributed by atoms with Crippen LogP contribution in [0.3, 0.4) is 0 Å². The van der Waals surface area contributed by atoms with Gasteiger partial charge in [0, 0.05) is 22.1 Å². The van der Waals surface area contributed by atoms with Crippen molar-refractivity contribution in [3.8, 4) is 0 Å². The van der Waals surface area contributed by atoms with Gasteiger partial charge in [-0.2, -0.15) is 0 Å². The molecule has 1 aromatic carbocycles. The molecular weight excluding hydrogens is 338 g/mol. The largest absolute Gasteiger partial charge is 0.310 e. The topological polar surface area (TPSA) is 46.2 Å². The lowest BCUT2D eigenvalue weighted by Gasteiger charge is -2.23. The Morgan fingerprint density at radius 2 is 2.00 bits per heavy atom. The van der Waals surface area contributed by atoms with Crippen LogP contribution in [0.5, 0.6) is 0 Å². The maximum absolute atomic E-state index is 11.3. The van der Waals surface area contributed by atoms with Crippen LogP contribution in [-0.4, -0.2) is 26.0 Å². The van der Waals surface area contributed by atoms with Crippen LogP contribution in [0, 0.1) is 0 Å². The molecule has 1 heterocycles. The number of nitrogens with one attached hydrogen (secondary N) is 1. The zero-order chi connectivity index (χ0) is 13.2. The fraction of sp³-hybridized carbons (Fsp3) is 0.500. The highest BCUT2D eigenvalue weighted by atomic mass is 79.9. The second-order valence-corrected chi connectivity index (χ2v) is 8.14. The molecule has 1 fully saturated rings. The van der Waals surface area contributed by atoms with Crippen LogP contribution in [0.15, 0.2) is 22.7 Å². The van der Waals surface area contributed by atoms with E-state index in [1.807, 2.05) is 18.2 Å². The monoisotopic (exact) mass is 351 g/mol. The molecule has 100 valence electrons. The number of benzene rings is 1. The van der Waals surface area contributed by atoms with Crippen LogP contribution < -0.4 is 5.32 Å². The Bertz CT molecular complexity index is 519. The Morgan fingerprint density at radius 3 is 2.61 bits per heavy atom. The van der Waals surface area contributed by atoms with E-state index >= 15 is 0 Å². The van der Waals surface area contributed by atoms with Crippen molar-refractivity contribution in [3.63, 3.8) is 0 Å². The fourth-order valence-electron chi connectivity index (χ4n) is 2.01. The van der Waals surface area contributed by atoms with Crippen LogP contribution >= 0.6 is 27.5 Å². The van der Waals surface area contributed by atoms with Gasteiger partial charge in [0.25, 0.3) is 0 Å². The van der Waals surface area contributed by atoms with Gasteiger partial charge in [-0.15, -0.1) is 0 Å². The van der Waals surface area contributed by atoms with Crippen LogP contribution in [0.4, 0.5) is 0 Å². The molecule has 1 aliphatic rings. The van der Waals surface area contributed by atoms with Crippen molar-refractivity contribution in [2.75, 3.05) is 11.5 Å². The van der Waals surface area contributed by atoms with Crippen LogP contribution in [0.1, 0.15) is 18.4 Å². The van der Waals surface area contributed by atoms with Gasteiger partial charge in [-0.25, -0.2) is 8.42 Å². The zero-order valence-electron chi connectivity index (χ0n) is 9.83. The summed E-state index contributed by atoms with van der Waals surface area (Å²) in [5.41, 5.74) is 1.13. The van der Waals surface area contributed by atoms with E-state index in [0.29, 0.717) is 29.4 Å². The lowest BCUT2D eigenvalue weighted by molar-refractivity contribution is 0.462. The maximum Gasteiger partial charge on any atom is 0.150 e. The van der Waals surface area contributed by atoms with Crippen molar-refractivity contribution in [3.05, 3.63) is 33.3 Å². The van der Waals surface area contributed by atoms with Gasteiger partial charge in [-0.1, -0.05) is 33.6 Å². The predicted molar refractivity (Wildman–Crippen MR) is 77.7 cm³/mol. The van der Waals surface area contributed by atoms with Crippen molar-refractivity contribution in [2.24, 2.45) is 0 Å². The van der Waals surface area contributed by atoms with Gasteiger partial charge in [-0.3, -0.25) is 0 Å². The van der Waals surface area contributed by atoms with E-state index in [2.05, 4.69) is 21.2 Å². The number of hydrogen-bond acceptors (Lipinski definition) is 3. The molecule has 0 saturated carbocycles. The smallest absolute Gasteiger partial charge is 0.150 e. The van der Waals surface area contributed by atoms with Gasteiger partial charge in [0.2, 0.25) is 0 Å². The molecule has 0 aliphatic carbocycles. The molecule has 3 nitrogen and oxygen atoms in total. The first-order valence-corrected chi connectivity index (χ1v) is 8.83. The molecule has 0 bridgehead atoms. The second-order valence-electron chi connectivity index (χ2n) is 4.54. The van der Waals surface area contributed by atoms with Crippen molar-refractivity contribution in [2.45, 2.75) is 25.4 Å². The zero-order valence-corrected chi connectivity index (χ0v) is 13.0. The quantitative estimate of drug-likeness (QED) is 0.910. The van der Waals surface area contributed by atoms with Crippen molar-refractivity contribution in [1.29, 1.82) is 0 Å². The summed E-state index contributed by atoms with van der Waals surface area (Å²) in [6, 6.07) is 5.98. The summed E-state index contributed by atoms with van der Waals surface area (Å²) < 4.78 is 23.6. The summed E-state index contributed by atoms with van der Waals surface area (Å²) in [6.45, 7) is 0.725. The Labute approximate surface area is 121 Å². The molecule has 0 radical (unpaired) electrons. The maximum atomic E-state index is 11.3. The van der Waals surface area contributed by atoms with E-state index in [0.717, 1.165) is 16.6 Å². The van der Waals surface area contributed by atoms with Gasteiger partial charge in [0.15, 0.2) is 0 Å². The normalized spacial score (nSPS) is 19.9.